The monoisotopic (exact) mass is 222 g/mol. The first-order valence-electron chi connectivity index (χ1n) is 5.16. The van der Waals surface area contributed by atoms with Gasteiger partial charge in [0.05, 0.1) is 17.9 Å². The molecule has 0 aliphatic heterocycles. The van der Waals surface area contributed by atoms with E-state index in [9.17, 15) is 9.90 Å². The molecule has 1 aromatic heterocycles. The molecule has 0 saturated heterocycles. The second-order valence-electron chi connectivity index (χ2n) is 3.93. The van der Waals surface area contributed by atoms with Crippen LogP contribution in [0.3, 0.4) is 0 Å². The molecule has 1 amide bonds. The van der Waals surface area contributed by atoms with E-state index in [1.54, 1.807) is 7.11 Å². The van der Waals surface area contributed by atoms with Crippen LogP contribution in [0.2, 0.25) is 0 Å². The van der Waals surface area contributed by atoms with Crippen LogP contribution in [-0.4, -0.2) is 35.3 Å². The van der Waals surface area contributed by atoms with Gasteiger partial charge in [0.15, 0.2) is 0 Å². The summed E-state index contributed by atoms with van der Waals surface area (Å²) < 4.78 is 5.12. The maximum absolute atomic E-state index is 11.7. The molecule has 86 valence electrons. The van der Waals surface area contributed by atoms with Crippen LogP contribution in [0, 0.1) is 0 Å². The van der Waals surface area contributed by atoms with E-state index >= 15 is 0 Å². The van der Waals surface area contributed by atoms with Gasteiger partial charge in [-0.25, -0.2) is 0 Å². The average Bonchev–Trinajstić information content (AvgIpc) is 2.22. The third-order valence-corrected chi connectivity index (χ3v) is 2.75. The summed E-state index contributed by atoms with van der Waals surface area (Å²) in [7, 11) is 1.67. The van der Waals surface area contributed by atoms with Gasteiger partial charge in [-0.1, -0.05) is 0 Å². The Bertz CT molecular complexity index is 389. The maximum Gasteiger partial charge on any atom is 0.253 e. The minimum absolute atomic E-state index is 0.00368. The van der Waals surface area contributed by atoms with Gasteiger partial charge in [0.25, 0.3) is 5.91 Å². The average molecular weight is 222 g/mol. The summed E-state index contributed by atoms with van der Waals surface area (Å²) >= 11 is 0. The summed E-state index contributed by atoms with van der Waals surface area (Å²) in [6, 6.07) is 1.56. The van der Waals surface area contributed by atoms with Crippen LogP contribution in [0.5, 0.6) is 5.75 Å². The Morgan fingerprint density at radius 1 is 1.56 bits per heavy atom. The van der Waals surface area contributed by atoms with Crippen LogP contribution in [0.4, 0.5) is 0 Å². The molecule has 2 rings (SSSR count). The molecular formula is C11H14N2O3. The van der Waals surface area contributed by atoms with Crippen LogP contribution < -0.4 is 5.32 Å². The summed E-state index contributed by atoms with van der Waals surface area (Å²) in [6.07, 6.45) is 4.67. The lowest BCUT2D eigenvalue weighted by Gasteiger charge is -2.34. The molecule has 1 saturated carbocycles. The quantitative estimate of drug-likeness (QED) is 0.789. The zero-order valence-corrected chi connectivity index (χ0v) is 9.01. The number of amides is 1. The molecule has 1 heterocycles. The van der Waals surface area contributed by atoms with Crippen LogP contribution in [-0.2, 0) is 4.74 Å². The van der Waals surface area contributed by atoms with Gasteiger partial charge in [0, 0.05) is 19.3 Å². The summed E-state index contributed by atoms with van der Waals surface area (Å²) in [5.74, 6) is -0.209. The number of aromatic nitrogens is 1. The SMILES string of the molecule is COC1CC(NC(=O)c2cncc(O)c2)C1. The Balaban J connectivity index is 1.89. The van der Waals surface area contributed by atoms with Crippen LogP contribution in [0.15, 0.2) is 18.5 Å². The summed E-state index contributed by atoms with van der Waals surface area (Å²) in [5.41, 5.74) is 0.376. The molecule has 1 aromatic rings. The van der Waals surface area contributed by atoms with Gasteiger partial charge in [0.2, 0.25) is 0 Å². The molecule has 1 aliphatic rings. The van der Waals surface area contributed by atoms with Crippen LogP contribution in [0.1, 0.15) is 23.2 Å². The first-order valence-corrected chi connectivity index (χ1v) is 5.16. The molecule has 0 atom stereocenters. The molecule has 0 aromatic carbocycles. The van der Waals surface area contributed by atoms with Crippen molar-refractivity contribution in [2.75, 3.05) is 7.11 Å². The lowest BCUT2D eigenvalue weighted by Crippen LogP contribution is -2.47. The van der Waals surface area contributed by atoms with E-state index in [1.165, 1.54) is 18.5 Å². The molecule has 5 heteroatoms. The maximum atomic E-state index is 11.7. The zero-order chi connectivity index (χ0) is 11.5. The Labute approximate surface area is 93.5 Å². The highest BCUT2D eigenvalue weighted by Crippen LogP contribution is 2.22. The van der Waals surface area contributed by atoms with Crippen LogP contribution >= 0.6 is 0 Å². The van der Waals surface area contributed by atoms with Crippen molar-refractivity contribution in [2.45, 2.75) is 25.0 Å². The van der Waals surface area contributed by atoms with E-state index in [0.29, 0.717) is 5.56 Å². The number of hydrogen-bond donors (Lipinski definition) is 2. The highest BCUT2D eigenvalue weighted by Gasteiger charge is 2.30. The predicted octanol–water partition coefficient (Wildman–Crippen LogP) is 0.694. The molecule has 0 unspecified atom stereocenters. The first kappa shape index (κ1) is 10.9. The lowest BCUT2D eigenvalue weighted by molar-refractivity contribution is 0.0176. The number of carbonyl (C=O) groups excluding carboxylic acids is 1. The number of nitrogens with zero attached hydrogens (tertiary/aromatic N) is 1. The van der Waals surface area contributed by atoms with Gasteiger partial charge in [0.1, 0.15) is 5.75 Å². The molecule has 0 bridgehead atoms. The Kier molecular flexibility index (Phi) is 3.05. The van der Waals surface area contributed by atoms with E-state index < -0.39 is 0 Å². The van der Waals surface area contributed by atoms with E-state index in [1.807, 2.05) is 0 Å². The van der Waals surface area contributed by atoms with E-state index in [2.05, 4.69) is 10.3 Å². The number of aromatic hydroxyl groups is 1. The van der Waals surface area contributed by atoms with E-state index in [0.717, 1.165) is 12.8 Å². The molecular weight excluding hydrogens is 208 g/mol. The van der Waals surface area contributed by atoms with Crippen molar-refractivity contribution in [3.05, 3.63) is 24.0 Å². The molecule has 2 N–H and O–H groups in total. The fourth-order valence-corrected chi connectivity index (χ4v) is 1.70. The summed E-state index contributed by atoms with van der Waals surface area (Å²) in [6.45, 7) is 0. The highest BCUT2D eigenvalue weighted by atomic mass is 16.5. The molecule has 1 fully saturated rings. The third kappa shape index (κ3) is 2.30. The smallest absolute Gasteiger partial charge is 0.253 e. The van der Waals surface area contributed by atoms with Gasteiger partial charge in [-0.2, -0.15) is 0 Å². The third-order valence-electron chi connectivity index (χ3n) is 2.75. The minimum atomic E-state index is -0.206. The number of rotatable bonds is 3. The second-order valence-corrected chi connectivity index (χ2v) is 3.93. The highest BCUT2D eigenvalue weighted by molar-refractivity contribution is 5.94. The summed E-state index contributed by atoms with van der Waals surface area (Å²) in [5, 5.41) is 12.0. The first-order chi connectivity index (χ1) is 7.69. The molecule has 16 heavy (non-hydrogen) atoms. The number of methoxy groups -OCH3 is 1. The summed E-state index contributed by atoms with van der Waals surface area (Å²) in [4.78, 5) is 15.4. The van der Waals surface area contributed by atoms with E-state index in [-0.39, 0.29) is 23.8 Å². The fraction of sp³-hybridized carbons (Fsp3) is 0.455. The molecule has 1 aliphatic carbocycles. The number of pyridine rings is 1. The van der Waals surface area contributed by atoms with Gasteiger partial charge in [-0.05, 0) is 18.9 Å². The number of nitrogens with one attached hydrogen (secondary N) is 1. The van der Waals surface area contributed by atoms with Gasteiger partial charge < -0.3 is 15.2 Å². The normalized spacial score (nSPS) is 23.6. The van der Waals surface area contributed by atoms with Gasteiger partial charge in [-0.3, -0.25) is 9.78 Å². The standard InChI is InChI=1S/C11H14N2O3/c1-16-10-3-8(4-10)13-11(15)7-2-9(14)6-12-5-7/h2,5-6,8,10,14H,3-4H2,1H3,(H,13,15). The molecule has 0 radical (unpaired) electrons. The van der Waals surface area contributed by atoms with Crippen molar-refractivity contribution < 1.29 is 14.6 Å². The Hall–Kier alpha value is -1.62. The fourth-order valence-electron chi connectivity index (χ4n) is 1.70. The Morgan fingerprint density at radius 2 is 2.31 bits per heavy atom. The minimum Gasteiger partial charge on any atom is -0.506 e. The van der Waals surface area contributed by atoms with Gasteiger partial charge in [-0.15, -0.1) is 0 Å². The van der Waals surface area contributed by atoms with Crippen molar-refractivity contribution in [3.8, 4) is 5.75 Å². The number of hydrogen-bond acceptors (Lipinski definition) is 4. The van der Waals surface area contributed by atoms with Crippen molar-refractivity contribution in [2.24, 2.45) is 0 Å². The Morgan fingerprint density at radius 3 is 2.94 bits per heavy atom. The number of carbonyl (C=O) groups is 1. The van der Waals surface area contributed by atoms with Crippen molar-refractivity contribution >= 4 is 5.91 Å². The largest absolute Gasteiger partial charge is 0.506 e. The molecule has 5 nitrogen and oxygen atoms in total. The van der Waals surface area contributed by atoms with E-state index in [4.69, 9.17) is 4.74 Å². The zero-order valence-electron chi connectivity index (χ0n) is 9.01. The van der Waals surface area contributed by atoms with Crippen LogP contribution in [0.25, 0.3) is 0 Å². The molecule has 0 spiro atoms. The number of ether oxygens (including phenoxy) is 1. The van der Waals surface area contributed by atoms with Crippen molar-refractivity contribution in [1.29, 1.82) is 0 Å². The lowest BCUT2D eigenvalue weighted by atomic mass is 9.89. The second kappa shape index (κ2) is 4.49. The predicted molar refractivity (Wildman–Crippen MR) is 57.2 cm³/mol. The topological polar surface area (TPSA) is 71.5 Å². The van der Waals surface area contributed by atoms with Gasteiger partial charge >= 0.3 is 0 Å². The van der Waals surface area contributed by atoms with Crippen molar-refractivity contribution in [3.63, 3.8) is 0 Å². The van der Waals surface area contributed by atoms with Crippen molar-refractivity contribution in [1.82, 2.24) is 10.3 Å².